The van der Waals surface area contributed by atoms with Crippen LogP contribution in [0.15, 0.2) is 59.7 Å². The fourth-order valence-electron chi connectivity index (χ4n) is 1.90. The first-order valence-electron chi connectivity index (χ1n) is 7.01. The smallest absolute Gasteiger partial charge is 0.271 e. The molecule has 0 bridgehead atoms. The first-order chi connectivity index (χ1) is 11.2. The zero-order chi connectivity index (χ0) is 16.5. The molecule has 0 fully saturated rings. The van der Waals surface area contributed by atoms with Crippen molar-refractivity contribution in [3.8, 4) is 11.5 Å². The van der Waals surface area contributed by atoms with Crippen LogP contribution in [0.3, 0.4) is 0 Å². The number of methoxy groups -OCH3 is 2. The van der Waals surface area contributed by atoms with Crippen LogP contribution in [0.1, 0.15) is 15.9 Å². The van der Waals surface area contributed by atoms with Gasteiger partial charge in [0.2, 0.25) is 0 Å². The SMILES string of the molecule is COc1ccc(C(=O)NN=CC=Cc2ccccc2)cc1OC. The summed E-state index contributed by atoms with van der Waals surface area (Å²) in [5.74, 6) is 0.738. The molecule has 0 spiro atoms. The van der Waals surface area contributed by atoms with Crippen LogP contribution in [0.5, 0.6) is 11.5 Å². The van der Waals surface area contributed by atoms with Gasteiger partial charge in [-0.15, -0.1) is 0 Å². The highest BCUT2D eigenvalue weighted by Gasteiger charge is 2.09. The van der Waals surface area contributed by atoms with Crippen LogP contribution < -0.4 is 14.9 Å². The number of hydrogen-bond donors (Lipinski definition) is 1. The van der Waals surface area contributed by atoms with Gasteiger partial charge >= 0.3 is 0 Å². The highest BCUT2D eigenvalue weighted by Crippen LogP contribution is 2.27. The monoisotopic (exact) mass is 310 g/mol. The second kappa shape index (κ2) is 8.38. The van der Waals surface area contributed by atoms with E-state index in [2.05, 4.69) is 10.5 Å². The number of rotatable bonds is 6. The number of ether oxygens (including phenoxy) is 2. The topological polar surface area (TPSA) is 59.9 Å². The summed E-state index contributed by atoms with van der Waals surface area (Å²) in [5.41, 5.74) is 3.95. The van der Waals surface area contributed by atoms with Crippen molar-refractivity contribution < 1.29 is 14.3 Å². The van der Waals surface area contributed by atoms with Gasteiger partial charge < -0.3 is 9.47 Å². The third kappa shape index (κ3) is 4.71. The van der Waals surface area contributed by atoms with Gasteiger partial charge in [0.15, 0.2) is 11.5 Å². The summed E-state index contributed by atoms with van der Waals surface area (Å²) in [5, 5.41) is 3.88. The van der Waals surface area contributed by atoms with E-state index in [9.17, 15) is 4.79 Å². The lowest BCUT2D eigenvalue weighted by atomic mass is 10.2. The van der Waals surface area contributed by atoms with Crippen LogP contribution in [0, 0.1) is 0 Å². The fourth-order valence-corrected chi connectivity index (χ4v) is 1.90. The van der Waals surface area contributed by atoms with Crippen LogP contribution in [0.2, 0.25) is 0 Å². The molecule has 118 valence electrons. The molecule has 0 aliphatic rings. The molecule has 2 aromatic rings. The lowest BCUT2D eigenvalue weighted by molar-refractivity contribution is 0.0954. The number of allylic oxidation sites excluding steroid dienone is 1. The number of benzene rings is 2. The molecule has 0 aliphatic heterocycles. The molecule has 5 heteroatoms. The predicted molar refractivity (Wildman–Crippen MR) is 91.0 cm³/mol. The van der Waals surface area contributed by atoms with Crippen molar-refractivity contribution in [2.24, 2.45) is 5.10 Å². The maximum absolute atomic E-state index is 12.0. The molecule has 23 heavy (non-hydrogen) atoms. The molecule has 0 atom stereocenters. The van der Waals surface area contributed by atoms with Gasteiger partial charge in [-0.05, 0) is 29.8 Å². The predicted octanol–water partition coefficient (Wildman–Crippen LogP) is 3.13. The lowest BCUT2D eigenvalue weighted by Crippen LogP contribution is -2.17. The number of nitrogens with zero attached hydrogens (tertiary/aromatic N) is 1. The normalized spacial score (nSPS) is 10.9. The molecule has 0 unspecified atom stereocenters. The van der Waals surface area contributed by atoms with Gasteiger partial charge in [-0.3, -0.25) is 4.79 Å². The molecule has 1 amide bonds. The number of carbonyl (C=O) groups excluding carboxylic acids is 1. The van der Waals surface area contributed by atoms with Gasteiger partial charge in [0.25, 0.3) is 5.91 Å². The van der Waals surface area contributed by atoms with Crippen molar-refractivity contribution in [1.29, 1.82) is 0 Å². The van der Waals surface area contributed by atoms with Gasteiger partial charge in [-0.1, -0.05) is 36.4 Å². The molecule has 0 radical (unpaired) electrons. The van der Waals surface area contributed by atoms with E-state index in [0.29, 0.717) is 17.1 Å². The Bertz CT molecular complexity index is 709. The standard InChI is InChI=1S/C18H18N2O3/c1-22-16-11-10-15(13-17(16)23-2)18(21)20-19-12-6-9-14-7-4-3-5-8-14/h3-13H,1-2H3,(H,20,21). The molecule has 2 aromatic carbocycles. The van der Waals surface area contributed by atoms with Crippen molar-refractivity contribution >= 4 is 18.2 Å². The minimum Gasteiger partial charge on any atom is -0.493 e. The summed E-state index contributed by atoms with van der Waals surface area (Å²) in [4.78, 5) is 12.0. The van der Waals surface area contributed by atoms with Crippen molar-refractivity contribution in [1.82, 2.24) is 5.43 Å². The molecule has 0 saturated heterocycles. The fraction of sp³-hybridized carbons (Fsp3) is 0.111. The Kier molecular flexibility index (Phi) is 5.94. The van der Waals surface area contributed by atoms with Gasteiger partial charge in [0.1, 0.15) is 0 Å². The molecule has 2 rings (SSSR count). The van der Waals surface area contributed by atoms with E-state index in [1.165, 1.54) is 13.3 Å². The number of hydrogen-bond acceptors (Lipinski definition) is 4. The van der Waals surface area contributed by atoms with Gasteiger partial charge in [-0.2, -0.15) is 5.10 Å². The molecule has 0 saturated carbocycles. The zero-order valence-corrected chi connectivity index (χ0v) is 13.0. The maximum atomic E-state index is 12.0. The van der Waals surface area contributed by atoms with E-state index in [-0.39, 0.29) is 5.91 Å². The molecule has 0 aliphatic carbocycles. The first-order valence-corrected chi connectivity index (χ1v) is 7.01. The van der Waals surface area contributed by atoms with Gasteiger partial charge in [0, 0.05) is 11.8 Å². The average molecular weight is 310 g/mol. The van der Waals surface area contributed by atoms with Crippen LogP contribution >= 0.6 is 0 Å². The number of amides is 1. The summed E-state index contributed by atoms with van der Waals surface area (Å²) < 4.78 is 10.3. The van der Waals surface area contributed by atoms with Crippen LogP contribution in [0.4, 0.5) is 0 Å². The first kappa shape index (κ1) is 16.3. The molecular weight excluding hydrogens is 292 g/mol. The Hall–Kier alpha value is -3.08. The molecule has 5 nitrogen and oxygen atoms in total. The second-order valence-corrected chi connectivity index (χ2v) is 4.56. The highest BCUT2D eigenvalue weighted by atomic mass is 16.5. The van der Waals surface area contributed by atoms with E-state index in [0.717, 1.165) is 5.56 Å². The summed E-state index contributed by atoms with van der Waals surface area (Å²) in [6, 6.07) is 14.7. The largest absolute Gasteiger partial charge is 0.493 e. The van der Waals surface area contributed by atoms with E-state index in [4.69, 9.17) is 9.47 Å². The Morgan fingerprint density at radius 1 is 1.04 bits per heavy atom. The Morgan fingerprint density at radius 2 is 1.78 bits per heavy atom. The third-order valence-corrected chi connectivity index (χ3v) is 3.06. The number of nitrogens with one attached hydrogen (secondary N) is 1. The minimum absolute atomic E-state index is 0.324. The number of carbonyl (C=O) groups is 1. The maximum Gasteiger partial charge on any atom is 0.271 e. The second-order valence-electron chi connectivity index (χ2n) is 4.56. The summed E-state index contributed by atoms with van der Waals surface area (Å²) in [6.45, 7) is 0. The zero-order valence-electron chi connectivity index (χ0n) is 13.0. The summed E-state index contributed by atoms with van der Waals surface area (Å²) in [7, 11) is 3.06. The van der Waals surface area contributed by atoms with Crippen LogP contribution in [0.25, 0.3) is 6.08 Å². The van der Waals surface area contributed by atoms with Gasteiger partial charge in [-0.25, -0.2) is 5.43 Å². The lowest BCUT2D eigenvalue weighted by Gasteiger charge is -2.08. The number of hydrazone groups is 1. The minimum atomic E-state index is -0.324. The van der Waals surface area contributed by atoms with Crippen molar-refractivity contribution in [3.63, 3.8) is 0 Å². The van der Waals surface area contributed by atoms with Crippen molar-refractivity contribution in [2.45, 2.75) is 0 Å². The van der Waals surface area contributed by atoms with E-state index in [1.807, 2.05) is 36.4 Å². The van der Waals surface area contributed by atoms with E-state index in [1.54, 1.807) is 31.4 Å². The highest BCUT2D eigenvalue weighted by molar-refractivity contribution is 5.95. The Balaban J connectivity index is 1.94. The van der Waals surface area contributed by atoms with Crippen molar-refractivity contribution in [3.05, 3.63) is 65.7 Å². The summed E-state index contributed by atoms with van der Waals surface area (Å²) in [6.07, 6.45) is 5.17. The Labute approximate surface area is 135 Å². The average Bonchev–Trinajstić information content (AvgIpc) is 2.61. The van der Waals surface area contributed by atoms with Crippen molar-refractivity contribution in [2.75, 3.05) is 14.2 Å². The Morgan fingerprint density at radius 3 is 2.48 bits per heavy atom. The molecular formula is C18H18N2O3. The van der Waals surface area contributed by atoms with Crippen LogP contribution in [-0.4, -0.2) is 26.3 Å². The van der Waals surface area contributed by atoms with Gasteiger partial charge in [0.05, 0.1) is 14.2 Å². The van der Waals surface area contributed by atoms with Crippen LogP contribution in [-0.2, 0) is 0 Å². The molecule has 1 N–H and O–H groups in total. The third-order valence-electron chi connectivity index (χ3n) is 3.06. The quantitative estimate of drug-likeness (QED) is 0.658. The van der Waals surface area contributed by atoms with E-state index >= 15 is 0 Å². The molecule has 0 heterocycles. The van der Waals surface area contributed by atoms with E-state index < -0.39 is 0 Å². The summed E-state index contributed by atoms with van der Waals surface area (Å²) >= 11 is 0. The molecule has 0 aromatic heterocycles.